The number of fused-ring (bicyclic) bond motifs is 2. The van der Waals surface area contributed by atoms with E-state index in [0.717, 1.165) is 28.3 Å². The largest absolute Gasteiger partial charge is 0.339 e. The molecule has 1 aliphatic heterocycles. The summed E-state index contributed by atoms with van der Waals surface area (Å²) in [5, 5.41) is 14.7. The topological polar surface area (TPSA) is 85.9 Å². The van der Waals surface area contributed by atoms with Gasteiger partial charge in [-0.05, 0) is 11.6 Å². The number of carbonyl (C=O) groups is 1. The van der Waals surface area contributed by atoms with Crippen LogP contribution in [0.25, 0.3) is 10.8 Å². The number of benzene rings is 2. The molecule has 0 unspecified atom stereocenters. The molecule has 2 aromatic carbocycles. The number of nitrogens with zero attached hydrogens (tertiary/aromatic N) is 6. The van der Waals surface area contributed by atoms with Gasteiger partial charge in [-0.25, -0.2) is 4.68 Å². The number of aromatic nitrogens is 5. The third kappa shape index (κ3) is 4.23. The van der Waals surface area contributed by atoms with Gasteiger partial charge in [-0.1, -0.05) is 62.4 Å². The molecule has 0 N–H and O–H groups in total. The fraction of sp³-hybridized carbons (Fsp3) is 0.346. The average molecular weight is 457 g/mol. The minimum Gasteiger partial charge on any atom is -0.339 e. The molecule has 5 rings (SSSR count). The molecule has 0 bridgehead atoms. The van der Waals surface area contributed by atoms with Crippen molar-refractivity contribution in [2.75, 3.05) is 13.1 Å². The zero-order valence-corrected chi connectivity index (χ0v) is 19.5. The van der Waals surface area contributed by atoms with Gasteiger partial charge in [0, 0.05) is 43.8 Å². The lowest BCUT2D eigenvalue weighted by molar-refractivity contribution is -0.132. The van der Waals surface area contributed by atoms with Gasteiger partial charge >= 0.3 is 0 Å². The summed E-state index contributed by atoms with van der Waals surface area (Å²) in [7, 11) is 0. The van der Waals surface area contributed by atoms with E-state index in [1.807, 2.05) is 48.5 Å². The van der Waals surface area contributed by atoms with Gasteiger partial charge in [0.15, 0.2) is 0 Å². The quantitative estimate of drug-likeness (QED) is 0.461. The first-order chi connectivity index (χ1) is 16.5. The Balaban J connectivity index is 1.41. The van der Waals surface area contributed by atoms with E-state index in [-0.39, 0.29) is 23.9 Å². The van der Waals surface area contributed by atoms with E-state index in [2.05, 4.69) is 33.7 Å². The molecule has 2 aromatic heterocycles. The van der Waals surface area contributed by atoms with Gasteiger partial charge in [-0.2, -0.15) is 5.10 Å². The number of carbonyl (C=O) groups excluding carboxylic acids is 1. The standard InChI is InChI=1S/C26H28N6O2/c1-18(2)25-28-27-23-12-13-30(14-15-31(23)25)24(33)17-32-26(34)21-11-7-6-10-20(21)22(29-32)16-19-8-4-3-5-9-19/h3-11,18H,12-17H2,1-2H3. The Morgan fingerprint density at radius 2 is 1.68 bits per heavy atom. The van der Waals surface area contributed by atoms with Crippen molar-refractivity contribution in [1.82, 2.24) is 29.4 Å². The smallest absolute Gasteiger partial charge is 0.275 e. The Morgan fingerprint density at radius 1 is 0.941 bits per heavy atom. The highest BCUT2D eigenvalue weighted by molar-refractivity contribution is 5.84. The van der Waals surface area contributed by atoms with E-state index in [1.54, 1.807) is 11.0 Å². The molecule has 4 aromatic rings. The minimum atomic E-state index is -0.241. The monoisotopic (exact) mass is 456 g/mol. The Kier molecular flexibility index (Phi) is 5.96. The maximum Gasteiger partial charge on any atom is 0.275 e. The predicted octanol–water partition coefficient (Wildman–Crippen LogP) is 2.79. The molecule has 0 saturated carbocycles. The Hall–Kier alpha value is -3.81. The van der Waals surface area contributed by atoms with E-state index in [1.165, 1.54) is 4.68 Å². The Bertz CT molecular complexity index is 1390. The number of hydrogen-bond donors (Lipinski definition) is 0. The van der Waals surface area contributed by atoms with E-state index >= 15 is 0 Å². The summed E-state index contributed by atoms with van der Waals surface area (Å²) in [6, 6.07) is 17.5. The van der Waals surface area contributed by atoms with E-state index in [9.17, 15) is 9.59 Å². The molecule has 0 aliphatic carbocycles. The second-order valence-electron chi connectivity index (χ2n) is 9.03. The normalized spacial score (nSPS) is 13.8. The molecule has 0 atom stereocenters. The summed E-state index contributed by atoms with van der Waals surface area (Å²) in [6.07, 6.45) is 1.23. The third-order valence-electron chi connectivity index (χ3n) is 6.37. The molecule has 1 aliphatic rings. The SMILES string of the molecule is CC(C)c1nnc2n1CCN(C(=O)Cn1nc(Cc3ccccc3)c3ccccc3c1=O)CC2. The first-order valence-electron chi connectivity index (χ1n) is 11.7. The van der Waals surface area contributed by atoms with E-state index in [0.29, 0.717) is 37.9 Å². The van der Waals surface area contributed by atoms with E-state index < -0.39 is 0 Å². The average Bonchev–Trinajstić information content (AvgIpc) is 3.14. The zero-order chi connectivity index (χ0) is 23.7. The van der Waals surface area contributed by atoms with Crippen molar-refractivity contribution >= 4 is 16.7 Å². The number of amides is 1. The third-order valence-corrected chi connectivity index (χ3v) is 6.37. The second kappa shape index (κ2) is 9.21. The fourth-order valence-electron chi connectivity index (χ4n) is 4.58. The summed E-state index contributed by atoms with van der Waals surface area (Å²) in [4.78, 5) is 28.2. The molecule has 0 spiro atoms. The van der Waals surface area contributed by atoms with Crippen LogP contribution in [0.15, 0.2) is 59.4 Å². The van der Waals surface area contributed by atoms with Crippen LogP contribution in [-0.2, 0) is 30.7 Å². The van der Waals surface area contributed by atoms with Crippen LogP contribution >= 0.6 is 0 Å². The van der Waals surface area contributed by atoms with Crippen LogP contribution in [0.4, 0.5) is 0 Å². The van der Waals surface area contributed by atoms with Crippen LogP contribution in [0.2, 0.25) is 0 Å². The molecule has 8 heteroatoms. The van der Waals surface area contributed by atoms with Crippen LogP contribution < -0.4 is 5.56 Å². The molecule has 1 amide bonds. The van der Waals surface area contributed by atoms with Crippen molar-refractivity contribution in [3.63, 3.8) is 0 Å². The minimum absolute atomic E-state index is 0.0803. The molecule has 0 saturated heterocycles. The van der Waals surface area contributed by atoms with Crippen molar-refractivity contribution in [3.05, 3.63) is 87.9 Å². The maximum atomic E-state index is 13.3. The lowest BCUT2D eigenvalue weighted by atomic mass is 10.0. The van der Waals surface area contributed by atoms with Gasteiger partial charge in [0.2, 0.25) is 5.91 Å². The Morgan fingerprint density at radius 3 is 2.44 bits per heavy atom. The molecule has 8 nitrogen and oxygen atoms in total. The molecular formula is C26H28N6O2. The van der Waals surface area contributed by atoms with Crippen molar-refractivity contribution < 1.29 is 4.79 Å². The van der Waals surface area contributed by atoms with Gasteiger partial charge < -0.3 is 9.47 Å². The van der Waals surface area contributed by atoms with Gasteiger partial charge in [0.1, 0.15) is 18.2 Å². The summed E-state index contributed by atoms with van der Waals surface area (Å²) in [6.45, 7) is 5.87. The summed E-state index contributed by atoms with van der Waals surface area (Å²) in [5.74, 6) is 2.01. The molecular weight excluding hydrogens is 428 g/mol. The van der Waals surface area contributed by atoms with Crippen LogP contribution in [0.1, 0.15) is 42.7 Å². The second-order valence-corrected chi connectivity index (χ2v) is 9.03. The van der Waals surface area contributed by atoms with Gasteiger partial charge in [0.25, 0.3) is 5.56 Å². The zero-order valence-electron chi connectivity index (χ0n) is 19.5. The van der Waals surface area contributed by atoms with Crippen LogP contribution in [-0.4, -0.2) is 48.4 Å². The molecule has 3 heterocycles. The highest BCUT2D eigenvalue weighted by Gasteiger charge is 2.24. The molecule has 174 valence electrons. The van der Waals surface area contributed by atoms with Gasteiger partial charge in [-0.15, -0.1) is 10.2 Å². The first kappa shape index (κ1) is 22.0. The summed E-state index contributed by atoms with van der Waals surface area (Å²) >= 11 is 0. The highest BCUT2D eigenvalue weighted by atomic mass is 16.2. The number of hydrogen-bond acceptors (Lipinski definition) is 5. The van der Waals surface area contributed by atoms with Crippen LogP contribution in [0.3, 0.4) is 0 Å². The van der Waals surface area contributed by atoms with Crippen molar-refractivity contribution in [2.24, 2.45) is 0 Å². The predicted molar refractivity (Wildman–Crippen MR) is 130 cm³/mol. The van der Waals surface area contributed by atoms with Crippen molar-refractivity contribution in [3.8, 4) is 0 Å². The maximum absolute atomic E-state index is 13.3. The van der Waals surface area contributed by atoms with Crippen molar-refractivity contribution in [2.45, 2.75) is 45.7 Å². The lowest BCUT2D eigenvalue weighted by Crippen LogP contribution is -2.39. The summed E-state index contributed by atoms with van der Waals surface area (Å²) < 4.78 is 3.45. The fourth-order valence-corrected chi connectivity index (χ4v) is 4.58. The van der Waals surface area contributed by atoms with Gasteiger partial charge in [-0.3, -0.25) is 9.59 Å². The lowest BCUT2D eigenvalue weighted by Gasteiger charge is -2.21. The van der Waals surface area contributed by atoms with Crippen LogP contribution in [0.5, 0.6) is 0 Å². The Labute approximate surface area is 197 Å². The van der Waals surface area contributed by atoms with Gasteiger partial charge in [0.05, 0.1) is 11.1 Å². The van der Waals surface area contributed by atoms with E-state index in [4.69, 9.17) is 0 Å². The highest BCUT2D eigenvalue weighted by Crippen LogP contribution is 2.18. The molecule has 34 heavy (non-hydrogen) atoms. The summed E-state index contributed by atoms with van der Waals surface area (Å²) in [5.41, 5.74) is 1.65. The van der Waals surface area contributed by atoms with Crippen molar-refractivity contribution in [1.29, 1.82) is 0 Å². The number of rotatable bonds is 5. The van der Waals surface area contributed by atoms with Crippen LogP contribution in [0, 0.1) is 0 Å². The first-order valence-corrected chi connectivity index (χ1v) is 11.7. The molecule has 0 radical (unpaired) electrons. The molecule has 0 fully saturated rings.